The number of carbonyl (C=O) groups excluding carboxylic acids is 3. The van der Waals surface area contributed by atoms with Crippen molar-refractivity contribution in [1.29, 1.82) is 0 Å². The Labute approximate surface area is 248 Å². The number of hydrogen-bond acceptors (Lipinski definition) is 7. The van der Waals surface area contributed by atoms with E-state index < -0.39 is 0 Å². The van der Waals surface area contributed by atoms with E-state index in [-0.39, 0.29) is 42.4 Å². The lowest BCUT2D eigenvalue weighted by atomic mass is 9.53. The van der Waals surface area contributed by atoms with Gasteiger partial charge >= 0.3 is 0 Å². The van der Waals surface area contributed by atoms with Gasteiger partial charge in [-0.15, -0.1) is 0 Å². The summed E-state index contributed by atoms with van der Waals surface area (Å²) in [6.45, 7) is 0.145. The van der Waals surface area contributed by atoms with Crippen LogP contribution in [0.3, 0.4) is 0 Å². The van der Waals surface area contributed by atoms with Crippen molar-refractivity contribution < 1.29 is 28.6 Å². The van der Waals surface area contributed by atoms with Crippen LogP contribution in [-0.2, 0) is 9.59 Å². The zero-order valence-corrected chi connectivity index (χ0v) is 24.5. The van der Waals surface area contributed by atoms with Gasteiger partial charge < -0.3 is 19.5 Å². The molecule has 1 heterocycles. The molecule has 2 aromatic carbocycles. The highest BCUT2D eigenvalue weighted by molar-refractivity contribution is 8.18. The molecule has 0 spiro atoms. The van der Waals surface area contributed by atoms with Gasteiger partial charge in [0.1, 0.15) is 12.4 Å². The summed E-state index contributed by atoms with van der Waals surface area (Å²) in [7, 11) is 1.52. The monoisotopic (exact) mass is 596 g/mol. The van der Waals surface area contributed by atoms with Gasteiger partial charge in [-0.25, -0.2) is 0 Å². The highest BCUT2D eigenvalue weighted by Crippen LogP contribution is 2.55. The van der Waals surface area contributed by atoms with Crippen molar-refractivity contribution in [2.45, 2.75) is 44.1 Å². The molecule has 3 amide bonds. The van der Waals surface area contributed by atoms with Crippen LogP contribution in [0, 0.1) is 17.8 Å². The van der Waals surface area contributed by atoms with Gasteiger partial charge in [-0.05, 0) is 104 Å². The number of nitrogens with one attached hydrogen (secondary N) is 1. The molecule has 41 heavy (non-hydrogen) atoms. The summed E-state index contributed by atoms with van der Waals surface area (Å²) in [5, 5.41) is 3.43. The Bertz CT molecular complexity index is 1360. The standard InChI is InChI=1S/C31H33ClN2O6S/c1-38-26-13-19(14-27-29(36)34(30(37)41-27)8-9-39-24-5-3-2-4-23(24)32)6-7-25(26)40-18-28(35)33-31-15-20-10-21(16-31)12-22(11-20)17-31/h2-7,13-14,20-22H,8-12,15-18H2,1H3,(H,33,35)/b27-14-. The number of rotatable bonds is 10. The van der Waals surface area contributed by atoms with E-state index in [0.29, 0.717) is 32.7 Å². The van der Waals surface area contributed by atoms with Crippen LogP contribution in [0.2, 0.25) is 5.02 Å². The van der Waals surface area contributed by atoms with E-state index in [1.165, 1.54) is 26.4 Å². The van der Waals surface area contributed by atoms with Crippen LogP contribution in [-0.4, -0.2) is 54.4 Å². The maximum absolute atomic E-state index is 12.9. The van der Waals surface area contributed by atoms with Gasteiger partial charge in [-0.1, -0.05) is 29.8 Å². The van der Waals surface area contributed by atoms with Crippen molar-refractivity contribution in [1.82, 2.24) is 10.2 Å². The molecule has 4 aliphatic carbocycles. The average molecular weight is 597 g/mol. The van der Waals surface area contributed by atoms with E-state index in [4.69, 9.17) is 25.8 Å². The number of hydrogen-bond donors (Lipinski definition) is 1. The number of methoxy groups -OCH3 is 1. The molecule has 5 aliphatic rings. The van der Waals surface area contributed by atoms with Gasteiger partial charge in [-0.2, -0.15) is 0 Å². The van der Waals surface area contributed by atoms with Crippen molar-refractivity contribution in [3.63, 3.8) is 0 Å². The van der Waals surface area contributed by atoms with E-state index in [1.807, 2.05) is 0 Å². The topological polar surface area (TPSA) is 94.2 Å². The van der Waals surface area contributed by atoms with Gasteiger partial charge in [0.2, 0.25) is 0 Å². The largest absolute Gasteiger partial charge is 0.493 e. The molecule has 0 unspecified atom stereocenters. The first-order valence-electron chi connectivity index (χ1n) is 14.1. The Kier molecular flexibility index (Phi) is 7.92. The van der Waals surface area contributed by atoms with Gasteiger partial charge in [-0.3, -0.25) is 19.3 Å². The third-order valence-corrected chi connectivity index (χ3v) is 9.79. The van der Waals surface area contributed by atoms with Gasteiger partial charge in [0.05, 0.1) is 23.6 Å². The molecule has 5 fully saturated rings. The first kappa shape index (κ1) is 28.0. The van der Waals surface area contributed by atoms with Crippen LogP contribution >= 0.6 is 23.4 Å². The molecule has 7 rings (SSSR count). The fourth-order valence-corrected chi connectivity index (χ4v) is 8.34. The zero-order chi connectivity index (χ0) is 28.6. The number of ether oxygens (including phenoxy) is 3. The third-order valence-electron chi connectivity index (χ3n) is 8.57. The van der Waals surface area contributed by atoms with Crippen molar-refractivity contribution in [2.75, 3.05) is 26.9 Å². The number of carbonyl (C=O) groups is 3. The Morgan fingerprint density at radius 2 is 1.73 bits per heavy atom. The SMILES string of the molecule is COc1cc(/C=C2\SC(=O)N(CCOc3ccccc3Cl)C2=O)ccc1OCC(=O)NC12CC3CC(CC(C3)C1)C2. The quantitative estimate of drug-likeness (QED) is 0.340. The third kappa shape index (κ3) is 6.06. The second kappa shape index (κ2) is 11.6. The molecule has 2 aromatic rings. The molecule has 1 saturated heterocycles. The molecule has 1 aliphatic heterocycles. The predicted octanol–water partition coefficient (Wildman–Crippen LogP) is 5.93. The fourth-order valence-electron chi connectivity index (χ4n) is 7.28. The fraction of sp³-hybridized carbons (Fsp3) is 0.452. The summed E-state index contributed by atoms with van der Waals surface area (Å²) >= 11 is 6.98. The Balaban J connectivity index is 1.04. The summed E-state index contributed by atoms with van der Waals surface area (Å²) in [6, 6.07) is 12.2. The maximum atomic E-state index is 12.9. The van der Waals surface area contributed by atoms with Crippen molar-refractivity contribution in [3.8, 4) is 17.2 Å². The Morgan fingerprint density at radius 3 is 2.41 bits per heavy atom. The van der Waals surface area contributed by atoms with Crippen LogP contribution in [0.4, 0.5) is 4.79 Å². The van der Waals surface area contributed by atoms with Crippen LogP contribution in [0.15, 0.2) is 47.4 Å². The lowest BCUT2D eigenvalue weighted by molar-refractivity contribution is -0.129. The number of benzene rings is 2. The highest BCUT2D eigenvalue weighted by Gasteiger charge is 2.51. The van der Waals surface area contributed by atoms with Crippen LogP contribution in [0.1, 0.15) is 44.1 Å². The number of nitrogens with zero attached hydrogens (tertiary/aromatic N) is 1. The molecule has 10 heteroatoms. The molecule has 216 valence electrons. The van der Waals surface area contributed by atoms with E-state index >= 15 is 0 Å². The van der Waals surface area contributed by atoms with E-state index in [1.54, 1.807) is 48.5 Å². The normalized spacial score (nSPS) is 27.4. The second-order valence-corrected chi connectivity index (χ2v) is 13.0. The number of halogens is 1. The minimum atomic E-state index is -0.386. The first-order chi connectivity index (χ1) is 19.8. The first-order valence-corrected chi connectivity index (χ1v) is 15.2. The summed E-state index contributed by atoms with van der Waals surface area (Å²) in [5.74, 6) is 3.13. The van der Waals surface area contributed by atoms with Crippen molar-refractivity contribution in [2.24, 2.45) is 17.8 Å². The van der Waals surface area contributed by atoms with Crippen molar-refractivity contribution >= 4 is 46.5 Å². The van der Waals surface area contributed by atoms with Crippen molar-refractivity contribution in [3.05, 3.63) is 58.0 Å². The summed E-state index contributed by atoms with van der Waals surface area (Å²) < 4.78 is 17.0. The van der Waals surface area contributed by atoms with E-state index in [9.17, 15) is 14.4 Å². The molecule has 1 N–H and O–H groups in total. The molecular formula is C31H33ClN2O6S. The summed E-state index contributed by atoms with van der Waals surface area (Å²) in [6.07, 6.45) is 8.86. The van der Waals surface area contributed by atoms with Crippen LogP contribution < -0.4 is 19.5 Å². The number of thioether (sulfide) groups is 1. The summed E-state index contributed by atoms with van der Waals surface area (Å²) in [4.78, 5) is 39.8. The molecule has 0 radical (unpaired) electrons. The molecule has 0 atom stereocenters. The number of para-hydroxylation sites is 1. The molecule has 8 nitrogen and oxygen atoms in total. The minimum absolute atomic E-state index is 0.0627. The van der Waals surface area contributed by atoms with Crippen LogP contribution in [0.5, 0.6) is 17.2 Å². The molecule has 4 bridgehead atoms. The minimum Gasteiger partial charge on any atom is -0.493 e. The smallest absolute Gasteiger partial charge is 0.293 e. The Morgan fingerprint density at radius 1 is 1.02 bits per heavy atom. The van der Waals surface area contributed by atoms with Gasteiger partial charge in [0.25, 0.3) is 17.1 Å². The molecule has 4 saturated carbocycles. The zero-order valence-electron chi connectivity index (χ0n) is 22.9. The number of imide groups is 1. The lowest BCUT2D eigenvalue weighted by Crippen LogP contribution is -2.60. The second-order valence-electron chi connectivity index (χ2n) is 11.6. The predicted molar refractivity (Wildman–Crippen MR) is 157 cm³/mol. The average Bonchev–Trinajstić information content (AvgIpc) is 3.19. The Hall–Kier alpha value is -3.17. The maximum Gasteiger partial charge on any atom is 0.293 e. The van der Waals surface area contributed by atoms with Gasteiger partial charge in [0.15, 0.2) is 18.1 Å². The number of amides is 3. The highest BCUT2D eigenvalue weighted by atomic mass is 35.5. The molecular weight excluding hydrogens is 564 g/mol. The summed E-state index contributed by atoms with van der Waals surface area (Å²) in [5.41, 5.74) is 0.609. The van der Waals surface area contributed by atoms with Crippen LogP contribution in [0.25, 0.3) is 6.08 Å². The molecule has 0 aromatic heterocycles. The van der Waals surface area contributed by atoms with Gasteiger partial charge in [0, 0.05) is 5.54 Å². The lowest BCUT2D eigenvalue weighted by Gasteiger charge is -2.56. The van der Waals surface area contributed by atoms with E-state index in [2.05, 4.69) is 5.32 Å². The van der Waals surface area contributed by atoms with E-state index in [0.717, 1.165) is 53.7 Å².